The highest BCUT2D eigenvalue weighted by Crippen LogP contribution is 2.52. The summed E-state index contributed by atoms with van der Waals surface area (Å²) in [5, 5.41) is 3.14. The van der Waals surface area contributed by atoms with Crippen molar-refractivity contribution in [3.05, 3.63) is 57.7 Å². The molecule has 0 saturated heterocycles. The van der Waals surface area contributed by atoms with Crippen molar-refractivity contribution in [2.24, 2.45) is 0 Å². The van der Waals surface area contributed by atoms with Gasteiger partial charge in [0.25, 0.3) is 0 Å². The number of rotatable bonds is 16. The lowest BCUT2D eigenvalue weighted by Gasteiger charge is -2.26. The number of fused-ring (bicyclic) bond motifs is 1. The van der Waals surface area contributed by atoms with E-state index in [4.69, 9.17) is 18.5 Å². The standard InChI is InChI=1S/C35H50BrN4O9PSi/c1-11-47-50(45,48-12-2)31(32(43)46-17-18-51(8,9)10)39-29(42)20-25-24-14-13-23(36)19-28(24)40(33(44)49-34(3,4)5)27(25)15-16-35(6,7)30-26(21-41)37-22-38-30/h13-16,19,21-22,31H,11-12,17-18,20H2,1-10H3,(H,37,38)(H,39,42)/b16-15-. The van der Waals surface area contributed by atoms with Gasteiger partial charge >= 0.3 is 19.7 Å². The molecule has 0 aliphatic heterocycles. The minimum Gasteiger partial charge on any atom is -0.464 e. The minimum absolute atomic E-state index is 0.0447. The number of benzene rings is 1. The van der Waals surface area contributed by atoms with Gasteiger partial charge in [-0.25, -0.2) is 19.1 Å². The zero-order valence-electron chi connectivity index (χ0n) is 31.0. The van der Waals surface area contributed by atoms with Crippen molar-refractivity contribution in [3.8, 4) is 0 Å². The van der Waals surface area contributed by atoms with Gasteiger partial charge in [0.2, 0.25) is 11.7 Å². The van der Waals surface area contributed by atoms with Gasteiger partial charge in [-0.2, -0.15) is 0 Å². The van der Waals surface area contributed by atoms with Gasteiger partial charge in [-0.05, 0) is 64.4 Å². The number of ether oxygens (including phenoxy) is 2. The molecule has 0 radical (unpaired) electrons. The van der Waals surface area contributed by atoms with Crippen LogP contribution in [0.5, 0.6) is 0 Å². The number of amides is 1. The smallest absolute Gasteiger partial charge is 0.419 e. The third-order valence-corrected chi connectivity index (χ3v) is 12.0. The van der Waals surface area contributed by atoms with Gasteiger partial charge < -0.3 is 28.8 Å². The van der Waals surface area contributed by atoms with Crippen LogP contribution < -0.4 is 5.32 Å². The average molecular weight is 810 g/mol. The number of allylic oxidation sites excluding steroid dienone is 1. The quantitative estimate of drug-likeness (QED) is 0.0630. The molecule has 3 aromatic rings. The molecule has 280 valence electrons. The van der Waals surface area contributed by atoms with Crippen LogP contribution in [-0.4, -0.2) is 78.1 Å². The van der Waals surface area contributed by atoms with Gasteiger partial charge in [-0.15, -0.1) is 0 Å². The topological polar surface area (TPSA) is 168 Å². The molecule has 2 aromatic heterocycles. The number of carbonyl (C=O) groups is 4. The summed E-state index contributed by atoms with van der Waals surface area (Å²) in [7, 11) is -5.82. The lowest BCUT2D eigenvalue weighted by atomic mass is 9.87. The maximum Gasteiger partial charge on any atom is 0.419 e. The largest absolute Gasteiger partial charge is 0.464 e. The van der Waals surface area contributed by atoms with Crippen LogP contribution in [0.1, 0.15) is 75.9 Å². The van der Waals surface area contributed by atoms with E-state index in [1.165, 1.54) is 10.9 Å². The molecule has 0 bridgehead atoms. The predicted octanol–water partition coefficient (Wildman–Crippen LogP) is 7.85. The van der Waals surface area contributed by atoms with E-state index in [1.807, 2.05) is 13.8 Å². The Morgan fingerprint density at radius 3 is 2.31 bits per heavy atom. The van der Waals surface area contributed by atoms with Crippen LogP contribution in [-0.2, 0) is 44.5 Å². The highest BCUT2D eigenvalue weighted by molar-refractivity contribution is 9.10. The van der Waals surface area contributed by atoms with E-state index in [2.05, 4.69) is 50.9 Å². The number of aldehydes is 1. The van der Waals surface area contributed by atoms with Crippen molar-refractivity contribution >= 4 is 72.8 Å². The molecular weight excluding hydrogens is 759 g/mol. The van der Waals surface area contributed by atoms with Crippen molar-refractivity contribution in [3.63, 3.8) is 0 Å². The summed E-state index contributed by atoms with van der Waals surface area (Å²) >= 11 is 3.49. The SMILES string of the molecule is CCOP(=O)(OCC)C(NC(=O)Cc1c(/C=C\C(C)(C)c2[nH]cnc2C=O)n(C(=O)OC(C)(C)C)c2cc(Br)ccc12)C(=O)OCC[Si](C)(C)C. The summed E-state index contributed by atoms with van der Waals surface area (Å²) in [5.74, 6) is -3.36. The summed E-state index contributed by atoms with van der Waals surface area (Å²) < 4.78 is 38.3. The fraction of sp³-hybridized carbons (Fsp3) is 0.514. The Morgan fingerprint density at radius 1 is 1.10 bits per heavy atom. The molecule has 3 rings (SSSR count). The van der Waals surface area contributed by atoms with E-state index in [0.29, 0.717) is 44.7 Å². The number of aromatic nitrogens is 3. The number of esters is 1. The first-order valence-electron chi connectivity index (χ1n) is 16.8. The highest BCUT2D eigenvalue weighted by Gasteiger charge is 2.44. The van der Waals surface area contributed by atoms with E-state index in [-0.39, 0.29) is 31.9 Å². The van der Waals surface area contributed by atoms with Crippen LogP contribution in [0.3, 0.4) is 0 Å². The van der Waals surface area contributed by atoms with E-state index in [0.717, 1.165) is 0 Å². The zero-order valence-corrected chi connectivity index (χ0v) is 34.5. The molecule has 0 aliphatic carbocycles. The van der Waals surface area contributed by atoms with Gasteiger partial charge in [0, 0.05) is 23.3 Å². The number of nitrogens with one attached hydrogen (secondary N) is 2. The normalized spacial score (nSPS) is 13.4. The summed E-state index contributed by atoms with van der Waals surface area (Å²) in [6.45, 7) is 18.6. The summed E-state index contributed by atoms with van der Waals surface area (Å²) in [4.78, 5) is 60.2. The van der Waals surface area contributed by atoms with Crippen molar-refractivity contribution in [2.75, 3.05) is 19.8 Å². The molecule has 1 atom stereocenters. The zero-order chi connectivity index (χ0) is 38.4. The number of hydrogen-bond acceptors (Lipinski definition) is 10. The predicted molar refractivity (Wildman–Crippen MR) is 203 cm³/mol. The maximum atomic E-state index is 14.0. The van der Waals surface area contributed by atoms with Gasteiger partial charge in [0.15, 0.2) is 6.29 Å². The molecule has 0 aliphatic rings. The molecule has 16 heteroatoms. The molecule has 2 heterocycles. The summed E-state index contributed by atoms with van der Waals surface area (Å²) in [6, 6.07) is 5.93. The van der Waals surface area contributed by atoms with Crippen molar-refractivity contribution in [2.45, 2.75) is 97.4 Å². The summed E-state index contributed by atoms with van der Waals surface area (Å²) in [5.41, 5.74) is 0.335. The van der Waals surface area contributed by atoms with Crippen LogP contribution in [0.2, 0.25) is 25.7 Å². The van der Waals surface area contributed by atoms with E-state index in [9.17, 15) is 23.7 Å². The number of halogens is 1. The fourth-order valence-corrected chi connectivity index (χ4v) is 8.00. The van der Waals surface area contributed by atoms with Crippen molar-refractivity contribution in [1.29, 1.82) is 0 Å². The van der Waals surface area contributed by atoms with E-state index in [1.54, 1.807) is 65.0 Å². The molecule has 1 aromatic carbocycles. The second-order valence-electron chi connectivity index (χ2n) is 14.7. The molecule has 1 amide bonds. The van der Waals surface area contributed by atoms with Gasteiger partial charge in [0.1, 0.15) is 11.3 Å². The van der Waals surface area contributed by atoms with Crippen molar-refractivity contribution < 1.29 is 42.3 Å². The first-order valence-corrected chi connectivity index (χ1v) is 22.9. The number of H-pyrrole nitrogens is 1. The molecule has 1 unspecified atom stereocenters. The molecule has 0 fully saturated rings. The number of nitrogens with zero attached hydrogens (tertiary/aromatic N) is 2. The molecule has 0 saturated carbocycles. The van der Waals surface area contributed by atoms with Crippen LogP contribution in [0.15, 0.2) is 35.1 Å². The molecular formula is C35H50BrN4O9PSi. The minimum atomic E-state index is -4.23. The Hall–Kier alpha value is -3.36. The lowest BCUT2D eigenvalue weighted by molar-refractivity contribution is -0.145. The molecule has 2 N–H and O–H groups in total. The first-order chi connectivity index (χ1) is 23.7. The Kier molecular flexibility index (Phi) is 14.0. The van der Waals surface area contributed by atoms with E-state index >= 15 is 0 Å². The van der Waals surface area contributed by atoms with Crippen LogP contribution in [0.25, 0.3) is 17.0 Å². The van der Waals surface area contributed by atoms with Gasteiger partial charge in [-0.3, -0.25) is 14.2 Å². The molecule has 51 heavy (non-hydrogen) atoms. The van der Waals surface area contributed by atoms with Crippen LogP contribution >= 0.6 is 23.5 Å². The highest BCUT2D eigenvalue weighted by atomic mass is 79.9. The Balaban J connectivity index is 2.18. The average Bonchev–Trinajstić information content (AvgIpc) is 3.60. The first kappa shape index (κ1) is 42.1. The van der Waals surface area contributed by atoms with Gasteiger partial charge in [0.05, 0.1) is 49.5 Å². The molecule has 13 nitrogen and oxygen atoms in total. The van der Waals surface area contributed by atoms with Crippen molar-refractivity contribution in [1.82, 2.24) is 19.9 Å². The second-order valence-corrected chi connectivity index (χ2v) is 23.3. The number of imidazole rings is 1. The number of aromatic amines is 1. The lowest BCUT2D eigenvalue weighted by Crippen LogP contribution is -2.43. The second kappa shape index (κ2) is 17.0. The number of hydrogen-bond donors (Lipinski definition) is 2. The number of carbonyl (C=O) groups excluding carboxylic acids is 4. The van der Waals surface area contributed by atoms with E-state index < -0.39 is 50.4 Å². The monoisotopic (exact) mass is 808 g/mol. The Bertz CT molecular complexity index is 1810. The summed E-state index contributed by atoms with van der Waals surface area (Å²) in [6.07, 6.45) is 4.51. The maximum absolute atomic E-state index is 14.0. The fourth-order valence-electron chi connectivity index (χ4n) is 5.21. The van der Waals surface area contributed by atoms with Crippen LogP contribution in [0.4, 0.5) is 4.79 Å². The third kappa shape index (κ3) is 11.1. The Morgan fingerprint density at radius 2 is 1.75 bits per heavy atom. The van der Waals surface area contributed by atoms with Gasteiger partial charge in [-0.1, -0.05) is 61.6 Å². The van der Waals surface area contributed by atoms with Crippen LogP contribution in [0, 0.1) is 0 Å². The Labute approximate surface area is 308 Å². The third-order valence-electron chi connectivity index (χ3n) is 7.62. The molecule has 0 spiro atoms.